The van der Waals surface area contributed by atoms with Crippen molar-refractivity contribution in [3.8, 4) is 11.1 Å². The van der Waals surface area contributed by atoms with Gasteiger partial charge in [-0.2, -0.15) is 0 Å². The number of hydrogen-bond donors (Lipinski definition) is 1. The number of aliphatic hydroxyl groups is 1. The van der Waals surface area contributed by atoms with Crippen LogP contribution in [0.3, 0.4) is 0 Å². The first kappa shape index (κ1) is 16.9. The SMILES string of the molecule is CS(=O)(=O)C(Br)(I)C(O)c1ccc(-c2ccccc2)cc1. The number of aliphatic hydroxyl groups excluding tert-OH is 1. The number of hydrogen-bond acceptors (Lipinski definition) is 3. The third kappa shape index (κ3) is 3.67. The van der Waals surface area contributed by atoms with Crippen molar-refractivity contribution in [1.82, 2.24) is 0 Å². The molecule has 2 unspecified atom stereocenters. The van der Waals surface area contributed by atoms with Crippen LogP contribution in [0.1, 0.15) is 11.7 Å². The Morgan fingerprint density at radius 2 is 1.52 bits per heavy atom. The second-order valence-electron chi connectivity index (χ2n) is 4.72. The van der Waals surface area contributed by atoms with Crippen molar-refractivity contribution < 1.29 is 13.5 Å². The summed E-state index contributed by atoms with van der Waals surface area (Å²) in [5, 5.41) is 10.3. The Bertz CT molecular complexity index is 712. The number of rotatable bonds is 4. The molecule has 0 bridgehead atoms. The zero-order valence-corrected chi connectivity index (χ0v) is 15.8. The molecule has 0 fully saturated rings. The summed E-state index contributed by atoms with van der Waals surface area (Å²) in [6.45, 7) is 0. The second-order valence-corrected chi connectivity index (χ2v) is 12.6. The Morgan fingerprint density at radius 1 is 1.05 bits per heavy atom. The molecule has 0 radical (unpaired) electrons. The van der Waals surface area contributed by atoms with Crippen molar-refractivity contribution in [1.29, 1.82) is 0 Å². The van der Waals surface area contributed by atoms with Gasteiger partial charge >= 0.3 is 0 Å². The molecule has 0 aliphatic carbocycles. The molecule has 0 amide bonds. The van der Waals surface area contributed by atoms with Crippen LogP contribution < -0.4 is 0 Å². The molecule has 0 aliphatic heterocycles. The molecule has 0 saturated carbocycles. The van der Waals surface area contributed by atoms with Gasteiger partial charge in [0.1, 0.15) is 6.10 Å². The number of benzene rings is 2. The van der Waals surface area contributed by atoms with Gasteiger partial charge in [-0.25, -0.2) is 8.42 Å². The van der Waals surface area contributed by atoms with E-state index in [-0.39, 0.29) is 0 Å². The van der Waals surface area contributed by atoms with Crippen LogP contribution in [0.5, 0.6) is 0 Å². The number of alkyl halides is 2. The van der Waals surface area contributed by atoms with Gasteiger partial charge < -0.3 is 5.11 Å². The highest BCUT2D eigenvalue weighted by Gasteiger charge is 2.43. The van der Waals surface area contributed by atoms with Gasteiger partial charge in [0, 0.05) is 6.26 Å². The van der Waals surface area contributed by atoms with Crippen LogP contribution in [0.2, 0.25) is 0 Å². The lowest BCUT2D eigenvalue weighted by molar-refractivity contribution is 0.191. The predicted molar refractivity (Wildman–Crippen MR) is 97.4 cm³/mol. The second kappa shape index (κ2) is 6.36. The van der Waals surface area contributed by atoms with E-state index in [1.165, 1.54) is 0 Å². The number of halogens is 2. The lowest BCUT2D eigenvalue weighted by Crippen LogP contribution is -2.31. The van der Waals surface area contributed by atoms with Gasteiger partial charge in [0.25, 0.3) is 0 Å². The lowest BCUT2D eigenvalue weighted by atomic mass is 10.0. The molecule has 21 heavy (non-hydrogen) atoms. The lowest BCUT2D eigenvalue weighted by Gasteiger charge is -2.25. The average molecular weight is 481 g/mol. The van der Waals surface area contributed by atoms with E-state index >= 15 is 0 Å². The first-order chi connectivity index (χ1) is 9.73. The molecule has 0 heterocycles. The summed E-state index contributed by atoms with van der Waals surface area (Å²) in [4.78, 5) is 0. The maximum Gasteiger partial charge on any atom is 0.206 e. The van der Waals surface area contributed by atoms with E-state index in [1.54, 1.807) is 34.7 Å². The van der Waals surface area contributed by atoms with Crippen LogP contribution >= 0.6 is 38.5 Å². The molecule has 2 aromatic carbocycles. The summed E-state index contributed by atoms with van der Waals surface area (Å²) in [6.07, 6.45) is -0.0617. The molecule has 6 heteroatoms. The van der Waals surface area contributed by atoms with Crippen molar-refractivity contribution in [3.05, 3.63) is 60.2 Å². The Balaban J connectivity index is 2.32. The van der Waals surface area contributed by atoms with E-state index in [1.807, 2.05) is 42.5 Å². The first-order valence-electron chi connectivity index (χ1n) is 6.14. The molecular formula is C15H14BrIO3S. The summed E-state index contributed by atoms with van der Waals surface area (Å²) in [7, 11) is -3.46. The molecule has 0 aliphatic rings. The van der Waals surface area contributed by atoms with Crippen molar-refractivity contribution in [3.63, 3.8) is 0 Å². The van der Waals surface area contributed by atoms with Crippen molar-refractivity contribution in [2.75, 3.05) is 6.26 Å². The highest BCUT2D eigenvalue weighted by Crippen LogP contribution is 2.44. The van der Waals surface area contributed by atoms with Crippen molar-refractivity contribution in [2.24, 2.45) is 0 Å². The third-order valence-corrected chi connectivity index (χ3v) is 9.55. The molecule has 2 aromatic rings. The van der Waals surface area contributed by atoms with E-state index in [4.69, 9.17) is 0 Å². The molecule has 0 aromatic heterocycles. The van der Waals surface area contributed by atoms with Crippen LogP contribution in [-0.4, -0.2) is 21.4 Å². The molecule has 112 valence electrons. The molecular weight excluding hydrogens is 467 g/mol. The van der Waals surface area contributed by atoms with E-state index in [0.29, 0.717) is 5.56 Å². The van der Waals surface area contributed by atoms with Crippen LogP contribution in [0, 0.1) is 0 Å². The Morgan fingerprint density at radius 3 is 2.00 bits per heavy atom. The van der Waals surface area contributed by atoms with Gasteiger partial charge in [-0.3, -0.25) is 0 Å². The van der Waals surface area contributed by atoms with Gasteiger partial charge in [-0.05, 0) is 39.3 Å². The van der Waals surface area contributed by atoms with Crippen LogP contribution in [0.25, 0.3) is 11.1 Å². The van der Waals surface area contributed by atoms with Gasteiger partial charge in [0.2, 0.25) is 1.66 Å². The minimum atomic E-state index is -3.46. The van der Waals surface area contributed by atoms with E-state index in [9.17, 15) is 13.5 Å². The highest BCUT2D eigenvalue weighted by molar-refractivity contribution is 14.1. The van der Waals surface area contributed by atoms with E-state index in [0.717, 1.165) is 17.4 Å². The van der Waals surface area contributed by atoms with Gasteiger partial charge in [0.15, 0.2) is 9.84 Å². The normalized spacial score (nSPS) is 16.2. The fourth-order valence-corrected chi connectivity index (χ4v) is 3.05. The van der Waals surface area contributed by atoms with Crippen LogP contribution in [-0.2, 0) is 9.84 Å². The minimum Gasteiger partial charge on any atom is -0.385 e. The maximum absolute atomic E-state index is 11.7. The zero-order chi connectivity index (χ0) is 15.7. The highest BCUT2D eigenvalue weighted by atomic mass is 127. The van der Waals surface area contributed by atoms with E-state index in [2.05, 4.69) is 15.9 Å². The summed E-state index contributed by atoms with van der Waals surface area (Å²) in [5.41, 5.74) is 2.63. The summed E-state index contributed by atoms with van der Waals surface area (Å²) in [5.74, 6) is 0. The van der Waals surface area contributed by atoms with Crippen LogP contribution in [0.15, 0.2) is 54.6 Å². The molecule has 2 atom stereocenters. The quantitative estimate of drug-likeness (QED) is 0.533. The fourth-order valence-electron chi connectivity index (χ4n) is 1.89. The Hall–Kier alpha value is -0.440. The standard InChI is InChI=1S/C15H14BrIO3S/c1-21(19,20)15(16,17)14(18)13-9-7-12(8-10-13)11-5-3-2-4-6-11/h2-10,14,18H,1H3. The van der Waals surface area contributed by atoms with E-state index < -0.39 is 17.6 Å². The molecule has 0 spiro atoms. The first-order valence-corrected chi connectivity index (χ1v) is 9.90. The van der Waals surface area contributed by atoms with Crippen LogP contribution in [0.4, 0.5) is 0 Å². The topological polar surface area (TPSA) is 54.4 Å². The maximum atomic E-state index is 11.7. The smallest absolute Gasteiger partial charge is 0.206 e. The minimum absolute atomic E-state index is 0.548. The summed E-state index contributed by atoms with van der Waals surface area (Å²) in [6, 6.07) is 17.1. The predicted octanol–water partition coefficient (Wildman–Crippen LogP) is 3.92. The summed E-state index contributed by atoms with van der Waals surface area (Å²) >= 11 is 4.83. The van der Waals surface area contributed by atoms with Crippen molar-refractivity contribution >= 4 is 48.4 Å². The fraction of sp³-hybridized carbons (Fsp3) is 0.200. The molecule has 1 N–H and O–H groups in total. The zero-order valence-electron chi connectivity index (χ0n) is 11.2. The average Bonchev–Trinajstić information content (AvgIpc) is 2.46. The van der Waals surface area contributed by atoms with Gasteiger partial charge in [-0.1, -0.05) is 70.5 Å². The molecule has 2 rings (SSSR count). The van der Waals surface area contributed by atoms with Gasteiger partial charge in [0.05, 0.1) is 0 Å². The summed E-state index contributed by atoms with van der Waals surface area (Å²) < 4.78 is 22.0. The Labute approximate surface area is 146 Å². The van der Waals surface area contributed by atoms with Crippen molar-refractivity contribution in [2.45, 2.75) is 7.77 Å². The Kier molecular flexibility index (Phi) is 5.12. The van der Waals surface area contributed by atoms with Gasteiger partial charge in [-0.15, -0.1) is 0 Å². The molecule has 3 nitrogen and oxygen atoms in total. The largest absolute Gasteiger partial charge is 0.385 e. The molecule has 0 saturated heterocycles. The monoisotopic (exact) mass is 480 g/mol. The number of sulfone groups is 1. The third-order valence-electron chi connectivity index (χ3n) is 3.15.